The molecule has 2 saturated carbocycles. The van der Waals surface area contributed by atoms with E-state index < -0.39 is 5.41 Å². The van der Waals surface area contributed by atoms with Crippen LogP contribution < -0.4 is 0 Å². The second-order valence-corrected chi connectivity index (χ2v) is 8.51. The van der Waals surface area contributed by atoms with Gasteiger partial charge in [0.2, 0.25) is 0 Å². The first-order valence-electron chi connectivity index (χ1n) is 7.54. The lowest BCUT2D eigenvalue weighted by Crippen LogP contribution is -2.63. The summed E-state index contributed by atoms with van der Waals surface area (Å²) in [5.41, 5.74) is -0.989. The maximum Gasteiger partial charge on any atom is 0.156 e. The lowest BCUT2D eigenvalue weighted by molar-refractivity contribution is -0.162. The zero-order valence-electron chi connectivity index (χ0n) is 13.7. The number of carbonyl (C=O) groups excluding carboxylic acids is 1. The Hall–Kier alpha value is -1.21. The normalized spacial score (nSPS) is 38.9. The summed E-state index contributed by atoms with van der Waals surface area (Å²) in [5.74, 6) is 10.1. The van der Waals surface area contributed by atoms with Gasteiger partial charge in [0.15, 0.2) is 5.78 Å². The molecule has 2 rings (SSSR count). The molecular formula is C19H26O. The SMILES string of the molecule is C#CC1(C)CC2(C#CC(C)(C)C)C(=O)C(C)(C)CCC12. The second kappa shape index (κ2) is 4.14. The van der Waals surface area contributed by atoms with E-state index in [1.54, 1.807) is 0 Å². The lowest BCUT2D eigenvalue weighted by Gasteiger charge is -2.61. The molecular weight excluding hydrogens is 244 g/mol. The van der Waals surface area contributed by atoms with Crippen molar-refractivity contribution in [3.8, 4) is 24.2 Å². The summed E-state index contributed by atoms with van der Waals surface area (Å²) >= 11 is 0. The van der Waals surface area contributed by atoms with Gasteiger partial charge in [0.05, 0.1) is 5.41 Å². The summed E-state index contributed by atoms with van der Waals surface area (Å²) in [5, 5.41) is 0. The Morgan fingerprint density at radius 1 is 1.25 bits per heavy atom. The lowest BCUT2D eigenvalue weighted by atomic mass is 9.39. The molecule has 2 fully saturated rings. The first-order chi connectivity index (χ1) is 8.97. The average molecular weight is 270 g/mol. The van der Waals surface area contributed by atoms with Gasteiger partial charge in [-0.05, 0) is 52.9 Å². The number of rotatable bonds is 0. The van der Waals surface area contributed by atoms with Gasteiger partial charge in [-0.2, -0.15) is 0 Å². The maximum absolute atomic E-state index is 13.0. The summed E-state index contributed by atoms with van der Waals surface area (Å²) in [7, 11) is 0. The minimum Gasteiger partial charge on any atom is -0.297 e. The smallest absolute Gasteiger partial charge is 0.156 e. The third kappa shape index (κ3) is 2.09. The van der Waals surface area contributed by atoms with Crippen molar-refractivity contribution in [2.24, 2.45) is 27.6 Å². The van der Waals surface area contributed by atoms with E-state index >= 15 is 0 Å². The summed E-state index contributed by atoms with van der Waals surface area (Å²) in [6, 6.07) is 0. The molecule has 0 aromatic heterocycles. The van der Waals surface area contributed by atoms with Crippen molar-refractivity contribution in [2.75, 3.05) is 0 Å². The number of fused-ring (bicyclic) bond motifs is 1. The summed E-state index contributed by atoms with van der Waals surface area (Å²) in [6.07, 6.45) is 8.38. The highest BCUT2D eigenvalue weighted by Crippen LogP contribution is 2.66. The van der Waals surface area contributed by atoms with Gasteiger partial charge < -0.3 is 0 Å². The number of hydrogen-bond donors (Lipinski definition) is 0. The quantitative estimate of drug-likeness (QED) is 0.606. The standard InChI is InChI=1S/C19H26O/c1-8-18(7)13-19(12-11-16(2,3)4)14(18)9-10-17(5,6)15(19)20/h1,14H,9-10,13H2,2-7H3. The van der Waals surface area contributed by atoms with Crippen LogP contribution in [0.4, 0.5) is 0 Å². The van der Waals surface area contributed by atoms with Crippen LogP contribution in [0, 0.1) is 51.8 Å². The van der Waals surface area contributed by atoms with Crippen LogP contribution in [0.3, 0.4) is 0 Å². The predicted octanol–water partition coefficient (Wildman–Crippen LogP) is 4.07. The molecule has 20 heavy (non-hydrogen) atoms. The highest BCUT2D eigenvalue weighted by molar-refractivity contribution is 5.95. The van der Waals surface area contributed by atoms with Gasteiger partial charge in [-0.15, -0.1) is 6.42 Å². The first kappa shape index (κ1) is 15.2. The first-order valence-corrected chi connectivity index (χ1v) is 7.54. The Morgan fingerprint density at radius 2 is 1.85 bits per heavy atom. The molecule has 0 bridgehead atoms. The van der Waals surface area contributed by atoms with Crippen molar-refractivity contribution in [1.82, 2.24) is 0 Å². The third-order valence-corrected chi connectivity index (χ3v) is 5.08. The highest BCUT2D eigenvalue weighted by atomic mass is 16.1. The Morgan fingerprint density at radius 3 is 2.35 bits per heavy atom. The molecule has 3 unspecified atom stereocenters. The van der Waals surface area contributed by atoms with Gasteiger partial charge in [-0.3, -0.25) is 4.79 Å². The van der Waals surface area contributed by atoms with Crippen LogP contribution >= 0.6 is 0 Å². The zero-order chi connectivity index (χ0) is 15.4. The maximum atomic E-state index is 13.0. The summed E-state index contributed by atoms with van der Waals surface area (Å²) < 4.78 is 0. The Labute approximate surface area is 123 Å². The minimum absolute atomic E-state index is 0.0801. The van der Waals surface area contributed by atoms with Gasteiger partial charge in [0.25, 0.3) is 0 Å². The van der Waals surface area contributed by atoms with E-state index in [2.05, 4.69) is 59.3 Å². The monoisotopic (exact) mass is 270 g/mol. The molecule has 0 aromatic carbocycles. The number of terminal acetylenes is 1. The number of carbonyl (C=O) groups is 1. The van der Waals surface area contributed by atoms with E-state index in [0.29, 0.717) is 5.78 Å². The largest absolute Gasteiger partial charge is 0.297 e. The van der Waals surface area contributed by atoms with Crippen LogP contribution in [0.15, 0.2) is 0 Å². The van der Waals surface area contributed by atoms with Crippen molar-refractivity contribution in [2.45, 2.75) is 60.8 Å². The molecule has 0 radical (unpaired) electrons. The predicted molar refractivity (Wildman–Crippen MR) is 82.7 cm³/mol. The van der Waals surface area contributed by atoms with E-state index in [4.69, 9.17) is 6.42 Å². The molecule has 3 atom stereocenters. The minimum atomic E-state index is -0.490. The van der Waals surface area contributed by atoms with Crippen LogP contribution in [-0.2, 0) is 4.79 Å². The van der Waals surface area contributed by atoms with Gasteiger partial charge in [0, 0.05) is 16.2 Å². The summed E-state index contributed by atoms with van der Waals surface area (Å²) in [4.78, 5) is 13.0. The fraction of sp³-hybridized carbons (Fsp3) is 0.737. The van der Waals surface area contributed by atoms with Crippen LogP contribution in [0.25, 0.3) is 0 Å². The van der Waals surface area contributed by atoms with E-state index in [1.165, 1.54) is 0 Å². The molecule has 0 aliphatic heterocycles. The van der Waals surface area contributed by atoms with E-state index in [9.17, 15) is 4.79 Å². The van der Waals surface area contributed by atoms with Crippen molar-refractivity contribution in [3.05, 3.63) is 0 Å². The van der Waals surface area contributed by atoms with E-state index in [-0.39, 0.29) is 22.2 Å². The van der Waals surface area contributed by atoms with Gasteiger partial charge >= 0.3 is 0 Å². The summed E-state index contributed by atoms with van der Waals surface area (Å²) in [6.45, 7) is 12.5. The van der Waals surface area contributed by atoms with Gasteiger partial charge in [-0.25, -0.2) is 0 Å². The molecule has 0 aromatic rings. The molecule has 2 aliphatic carbocycles. The van der Waals surface area contributed by atoms with Crippen molar-refractivity contribution >= 4 is 5.78 Å². The van der Waals surface area contributed by atoms with Crippen molar-refractivity contribution < 1.29 is 4.79 Å². The van der Waals surface area contributed by atoms with Gasteiger partial charge in [-0.1, -0.05) is 31.6 Å². The number of hydrogen-bond acceptors (Lipinski definition) is 1. The second-order valence-electron chi connectivity index (χ2n) is 8.51. The molecule has 0 amide bonds. The Balaban J connectivity index is 2.47. The van der Waals surface area contributed by atoms with Crippen LogP contribution in [-0.4, -0.2) is 5.78 Å². The fourth-order valence-electron chi connectivity index (χ4n) is 3.90. The zero-order valence-corrected chi connectivity index (χ0v) is 13.7. The van der Waals surface area contributed by atoms with Crippen LogP contribution in [0.5, 0.6) is 0 Å². The topological polar surface area (TPSA) is 17.1 Å². The molecule has 2 aliphatic rings. The molecule has 108 valence electrons. The molecule has 0 spiro atoms. The molecule has 0 N–H and O–H groups in total. The third-order valence-electron chi connectivity index (χ3n) is 5.08. The van der Waals surface area contributed by atoms with Crippen LogP contribution in [0.2, 0.25) is 0 Å². The Kier molecular flexibility index (Phi) is 3.15. The van der Waals surface area contributed by atoms with Crippen molar-refractivity contribution in [1.29, 1.82) is 0 Å². The van der Waals surface area contributed by atoms with Crippen molar-refractivity contribution in [3.63, 3.8) is 0 Å². The number of ketones is 1. The highest BCUT2D eigenvalue weighted by Gasteiger charge is 2.67. The van der Waals surface area contributed by atoms with Gasteiger partial charge in [0.1, 0.15) is 0 Å². The van der Waals surface area contributed by atoms with E-state index in [1.807, 2.05) is 0 Å². The average Bonchev–Trinajstić information content (AvgIpc) is 2.30. The Bertz CT molecular complexity index is 543. The fourth-order valence-corrected chi connectivity index (χ4v) is 3.90. The molecule has 1 nitrogen and oxygen atoms in total. The molecule has 0 heterocycles. The number of Topliss-reactive ketones (excluding diaryl/α,β-unsaturated/α-hetero) is 1. The van der Waals surface area contributed by atoms with Crippen LogP contribution in [0.1, 0.15) is 60.8 Å². The molecule has 1 heteroatoms. The van der Waals surface area contributed by atoms with E-state index in [0.717, 1.165) is 19.3 Å². The molecule has 0 saturated heterocycles.